The molecule has 0 saturated heterocycles. The second-order valence-electron chi connectivity index (χ2n) is 4.55. The highest BCUT2D eigenvalue weighted by atomic mass is 16.5. The van der Waals surface area contributed by atoms with Crippen LogP contribution in [0.25, 0.3) is 11.2 Å². The average Bonchev–Trinajstić information content (AvgIpc) is 2.97. The van der Waals surface area contributed by atoms with Crippen molar-refractivity contribution < 1.29 is 19.4 Å². The Labute approximate surface area is 123 Å². The van der Waals surface area contributed by atoms with Gasteiger partial charge in [0, 0.05) is 14.1 Å². The van der Waals surface area contributed by atoms with Gasteiger partial charge >= 0.3 is 5.69 Å². The SMILES string of the molecule is Cn1c(=O)c2c(ncn2[C@@H](C=O)O[C@@H](C=O)CO)n(C)c1=O. The van der Waals surface area contributed by atoms with Crippen LogP contribution < -0.4 is 11.2 Å². The minimum absolute atomic E-state index is 0.0238. The zero-order chi connectivity index (χ0) is 16.4. The Bertz CT molecular complexity index is 832. The Morgan fingerprint density at radius 3 is 2.50 bits per heavy atom. The third-order valence-corrected chi connectivity index (χ3v) is 3.21. The van der Waals surface area contributed by atoms with Crippen molar-refractivity contribution in [3.8, 4) is 0 Å². The van der Waals surface area contributed by atoms with E-state index in [1.807, 2.05) is 0 Å². The molecule has 2 aromatic heterocycles. The van der Waals surface area contributed by atoms with Crippen LogP contribution in [0.1, 0.15) is 6.23 Å². The molecular weight excluding hydrogens is 296 g/mol. The Morgan fingerprint density at radius 2 is 1.95 bits per heavy atom. The average molecular weight is 310 g/mol. The highest BCUT2D eigenvalue weighted by Gasteiger charge is 2.22. The van der Waals surface area contributed by atoms with Gasteiger partial charge in [-0.05, 0) is 0 Å². The molecule has 0 spiro atoms. The number of hydrogen-bond acceptors (Lipinski definition) is 7. The standard InChI is InChI=1S/C12H14N4O6/c1-14-10-9(11(20)15(2)12(14)21)16(6-13-10)8(5-19)22-7(3-17)4-18/h3,5-8,18H,4H2,1-2H3/t7-,8+/m0/s1. The maximum Gasteiger partial charge on any atom is 0.332 e. The van der Waals surface area contributed by atoms with Crippen LogP contribution in [0.3, 0.4) is 0 Å². The Balaban J connectivity index is 2.66. The minimum atomic E-state index is -1.34. The number of carbonyl (C=O) groups excluding carboxylic acids is 2. The number of fused-ring (bicyclic) bond motifs is 1. The molecule has 0 fully saturated rings. The number of rotatable bonds is 6. The number of hydrogen-bond donors (Lipinski definition) is 1. The van der Waals surface area contributed by atoms with Crippen LogP contribution in [0.4, 0.5) is 0 Å². The summed E-state index contributed by atoms with van der Waals surface area (Å²) in [6.45, 7) is -0.614. The number of aryl methyl sites for hydroxylation is 1. The van der Waals surface area contributed by atoms with E-state index in [0.717, 1.165) is 20.0 Å². The normalized spacial score (nSPS) is 14.0. The first-order valence-corrected chi connectivity index (χ1v) is 6.25. The molecule has 0 aliphatic carbocycles. The van der Waals surface area contributed by atoms with Gasteiger partial charge in [0.2, 0.25) is 0 Å². The van der Waals surface area contributed by atoms with Gasteiger partial charge in [0.25, 0.3) is 5.56 Å². The highest BCUT2D eigenvalue weighted by Crippen LogP contribution is 2.14. The smallest absolute Gasteiger partial charge is 0.332 e. The molecule has 0 aliphatic heterocycles. The van der Waals surface area contributed by atoms with Crippen LogP contribution in [-0.4, -0.2) is 49.1 Å². The van der Waals surface area contributed by atoms with Crippen LogP contribution in [0.15, 0.2) is 15.9 Å². The van der Waals surface area contributed by atoms with Gasteiger partial charge in [-0.2, -0.15) is 0 Å². The van der Waals surface area contributed by atoms with Crippen LogP contribution in [-0.2, 0) is 28.4 Å². The zero-order valence-electron chi connectivity index (χ0n) is 11.9. The van der Waals surface area contributed by atoms with E-state index in [0.29, 0.717) is 12.6 Å². The van der Waals surface area contributed by atoms with Crippen molar-refractivity contribution in [1.29, 1.82) is 0 Å². The van der Waals surface area contributed by atoms with Gasteiger partial charge in [-0.3, -0.25) is 23.3 Å². The molecular formula is C12H14N4O6. The summed E-state index contributed by atoms with van der Waals surface area (Å²) in [4.78, 5) is 49.9. The van der Waals surface area contributed by atoms with Crippen LogP contribution >= 0.6 is 0 Å². The predicted molar refractivity (Wildman–Crippen MR) is 73.3 cm³/mol. The van der Waals surface area contributed by atoms with Gasteiger partial charge in [-0.15, -0.1) is 0 Å². The number of carbonyl (C=O) groups is 2. The first-order chi connectivity index (χ1) is 10.5. The monoisotopic (exact) mass is 310 g/mol. The predicted octanol–water partition coefficient (Wildman–Crippen LogP) is -2.29. The van der Waals surface area contributed by atoms with Gasteiger partial charge in [0.1, 0.15) is 12.4 Å². The molecule has 2 aromatic rings. The molecule has 10 heteroatoms. The molecule has 118 valence electrons. The first kappa shape index (κ1) is 15.8. The molecule has 0 bridgehead atoms. The summed E-state index contributed by atoms with van der Waals surface area (Å²) >= 11 is 0. The number of aliphatic hydroxyl groups excluding tert-OH is 1. The molecule has 0 radical (unpaired) electrons. The number of aliphatic hydroxyl groups is 1. The summed E-state index contributed by atoms with van der Waals surface area (Å²) < 4.78 is 8.24. The number of imidazole rings is 1. The van der Waals surface area contributed by atoms with Crippen molar-refractivity contribution in [2.75, 3.05) is 6.61 Å². The van der Waals surface area contributed by atoms with E-state index in [9.17, 15) is 19.2 Å². The van der Waals surface area contributed by atoms with Crippen molar-refractivity contribution >= 4 is 23.7 Å². The largest absolute Gasteiger partial charge is 0.393 e. The molecule has 0 aromatic carbocycles. The van der Waals surface area contributed by atoms with Gasteiger partial charge in [-0.1, -0.05) is 0 Å². The number of aromatic nitrogens is 4. The summed E-state index contributed by atoms with van der Waals surface area (Å²) in [7, 11) is 2.72. The minimum Gasteiger partial charge on any atom is -0.393 e. The van der Waals surface area contributed by atoms with E-state index >= 15 is 0 Å². The van der Waals surface area contributed by atoms with Crippen molar-refractivity contribution in [2.45, 2.75) is 12.3 Å². The second-order valence-corrected chi connectivity index (χ2v) is 4.55. The van der Waals surface area contributed by atoms with E-state index < -0.39 is 30.2 Å². The van der Waals surface area contributed by atoms with Gasteiger partial charge in [0.05, 0.1) is 6.61 Å². The maximum atomic E-state index is 12.2. The fraction of sp³-hybridized carbons (Fsp3) is 0.417. The fourth-order valence-electron chi connectivity index (χ4n) is 2.02. The fourth-order valence-corrected chi connectivity index (χ4v) is 2.02. The Hall–Kier alpha value is -2.59. The molecule has 2 heterocycles. The molecule has 22 heavy (non-hydrogen) atoms. The van der Waals surface area contributed by atoms with Crippen molar-refractivity contribution in [3.05, 3.63) is 27.2 Å². The van der Waals surface area contributed by atoms with Crippen LogP contribution in [0.5, 0.6) is 0 Å². The quantitative estimate of drug-likeness (QED) is 0.595. The van der Waals surface area contributed by atoms with E-state index in [1.54, 1.807) is 0 Å². The molecule has 10 nitrogen and oxygen atoms in total. The summed E-state index contributed by atoms with van der Waals surface area (Å²) in [5, 5.41) is 8.95. The maximum absolute atomic E-state index is 12.2. The lowest BCUT2D eigenvalue weighted by Gasteiger charge is -2.17. The van der Waals surface area contributed by atoms with Crippen molar-refractivity contribution in [3.63, 3.8) is 0 Å². The molecule has 0 saturated carbocycles. The summed E-state index contributed by atoms with van der Waals surface area (Å²) in [6, 6.07) is 0. The van der Waals surface area contributed by atoms with E-state index in [4.69, 9.17) is 9.84 Å². The highest BCUT2D eigenvalue weighted by molar-refractivity contribution is 5.72. The van der Waals surface area contributed by atoms with Crippen LogP contribution in [0, 0.1) is 0 Å². The lowest BCUT2D eigenvalue weighted by Crippen LogP contribution is -2.38. The number of ether oxygens (including phenoxy) is 1. The lowest BCUT2D eigenvalue weighted by atomic mass is 10.4. The van der Waals surface area contributed by atoms with Gasteiger partial charge < -0.3 is 14.6 Å². The molecule has 2 atom stereocenters. The summed E-state index contributed by atoms with van der Waals surface area (Å²) in [6.07, 6.45) is -0.702. The van der Waals surface area contributed by atoms with Crippen molar-refractivity contribution in [1.82, 2.24) is 18.7 Å². The molecule has 1 N–H and O–H groups in total. The summed E-state index contributed by atoms with van der Waals surface area (Å²) in [5.41, 5.74) is -1.16. The summed E-state index contributed by atoms with van der Waals surface area (Å²) in [5.74, 6) is 0. The second kappa shape index (κ2) is 6.03. The Morgan fingerprint density at radius 1 is 1.27 bits per heavy atom. The van der Waals surface area contributed by atoms with E-state index in [1.165, 1.54) is 14.1 Å². The molecule has 0 unspecified atom stereocenters. The number of aldehydes is 2. The van der Waals surface area contributed by atoms with Gasteiger partial charge in [0.15, 0.2) is 30.0 Å². The first-order valence-electron chi connectivity index (χ1n) is 6.25. The van der Waals surface area contributed by atoms with Crippen molar-refractivity contribution in [2.24, 2.45) is 14.1 Å². The topological polar surface area (TPSA) is 125 Å². The van der Waals surface area contributed by atoms with E-state index in [2.05, 4.69) is 4.98 Å². The molecule has 0 aliphatic rings. The van der Waals surface area contributed by atoms with Gasteiger partial charge in [-0.25, -0.2) is 9.78 Å². The van der Waals surface area contributed by atoms with E-state index in [-0.39, 0.29) is 11.2 Å². The third-order valence-electron chi connectivity index (χ3n) is 3.21. The molecule has 2 rings (SSSR count). The Kier molecular flexibility index (Phi) is 4.33. The molecule has 0 amide bonds. The third kappa shape index (κ3) is 2.38. The van der Waals surface area contributed by atoms with Crippen LogP contribution in [0.2, 0.25) is 0 Å². The number of nitrogens with zero attached hydrogens (tertiary/aromatic N) is 4. The zero-order valence-corrected chi connectivity index (χ0v) is 11.9. The lowest BCUT2D eigenvalue weighted by molar-refractivity contribution is -0.139.